The maximum atomic E-state index is 10.2. The van der Waals surface area contributed by atoms with Crippen molar-refractivity contribution in [3.05, 3.63) is 0 Å². The third-order valence-electron chi connectivity index (χ3n) is 3.35. The first-order valence-electron chi connectivity index (χ1n) is 5.43. The van der Waals surface area contributed by atoms with E-state index < -0.39 is 5.60 Å². The Morgan fingerprint density at radius 1 is 1.46 bits per heavy atom. The molecule has 1 rings (SSSR count). The van der Waals surface area contributed by atoms with Crippen LogP contribution in [-0.4, -0.2) is 24.3 Å². The van der Waals surface area contributed by atoms with Crippen LogP contribution in [0.25, 0.3) is 0 Å². The monoisotopic (exact) mass is 185 g/mol. The zero-order valence-corrected chi connectivity index (χ0v) is 9.14. The second-order valence-electron chi connectivity index (χ2n) is 4.86. The third kappa shape index (κ3) is 2.96. The summed E-state index contributed by atoms with van der Waals surface area (Å²) in [6.07, 6.45) is 5.01. The maximum absolute atomic E-state index is 10.2. The number of rotatable bonds is 3. The van der Waals surface area contributed by atoms with Gasteiger partial charge in [-0.1, -0.05) is 19.8 Å². The lowest BCUT2D eigenvalue weighted by atomic mass is 9.74. The summed E-state index contributed by atoms with van der Waals surface area (Å²) in [4.78, 5) is 0. The lowest BCUT2D eigenvalue weighted by Gasteiger charge is -2.37. The van der Waals surface area contributed by atoms with Crippen molar-refractivity contribution in [1.82, 2.24) is 5.32 Å². The lowest BCUT2D eigenvalue weighted by molar-refractivity contribution is -0.0216. The summed E-state index contributed by atoms with van der Waals surface area (Å²) in [6.45, 7) is 4.97. The van der Waals surface area contributed by atoms with Gasteiger partial charge < -0.3 is 10.4 Å². The standard InChI is InChI=1S/C11H23NO/c1-9-5-4-6-10(7-9)11(2,13)8-12-3/h9-10,12-13H,4-8H2,1-3H3. The summed E-state index contributed by atoms with van der Waals surface area (Å²) in [5, 5.41) is 13.3. The molecule has 0 aromatic heterocycles. The van der Waals surface area contributed by atoms with Gasteiger partial charge in [0.2, 0.25) is 0 Å². The molecule has 0 saturated heterocycles. The van der Waals surface area contributed by atoms with Crippen LogP contribution < -0.4 is 5.32 Å². The summed E-state index contributed by atoms with van der Waals surface area (Å²) < 4.78 is 0. The predicted molar refractivity (Wildman–Crippen MR) is 55.7 cm³/mol. The van der Waals surface area contributed by atoms with Crippen molar-refractivity contribution in [2.24, 2.45) is 11.8 Å². The summed E-state index contributed by atoms with van der Waals surface area (Å²) in [5.41, 5.74) is -0.510. The zero-order chi connectivity index (χ0) is 9.90. The molecule has 0 amide bonds. The predicted octanol–water partition coefficient (Wildman–Crippen LogP) is 1.78. The molecule has 13 heavy (non-hydrogen) atoms. The molecule has 1 saturated carbocycles. The zero-order valence-electron chi connectivity index (χ0n) is 9.14. The van der Waals surface area contributed by atoms with E-state index >= 15 is 0 Å². The summed E-state index contributed by atoms with van der Waals surface area (Å²) in [6, 6.07) is 0. The minimum absolute atomic E-state index is 0.490. The molecule has 1 aliphatic rings. The molecule has 0 aromatic rings. The van der Waals surface area contributed by atoms with Gasteiger partial charge in [-0.25, -0.2) is 0 Å². The van der Waals surface area contributed by atoms with Gasteiger partial charge in [0.05, 0.1) is 5.60 Å². The molecular formula is C11H23NO. The highest BCUT2D eigenvalue weighted by molar-refractivity contribution is 4.87. The van der Waals surface area contributed by atoms with Crippen molar-refractivity contribution < 1.29 is 5.11 Å². The first-order chi connectivity index (χ1) is 6.06. The second kappa shape index (κ2) is 4.43. The van der Waals surface area contributed by atoms with Gasteiger partial charge in [0.1, 0.15) is 0 Å². The Kier molecular flexibility index (Phi) is 3.74. The second-order valence-corrected chi connectivity index (χ2v) is 4.86. The van der Waals surface area contributed by atoms with Crippen LogP contribution in [0.4, 0.5) is 0 Å². The molecule has 1 aliphatic carbocycles. The fourth-order valence-corrected chi connectivity index (χ4v) is 2.50. The third-order valence-corrected chi connectivity index (χ3v) is 3.35. The van der Waals surface area contributed by atoms with Crippen LogP contribution in [0.1, 0.15) is 39.5 Å². The van der Waals surface area contributed by atoms with Crippen molar-refractivity contribution in [1.29, 1.82) is 0 Å². The molecule has 1 fully saturated rings. The summed E-state index contributed by atoms with van der Waals surface area (Å²) >= 11 is 0. The largest absolute Gasteiger partial charge is 0.389 e. The number of likely N-dealkylation sites (N-methyl/N-ethyl adjacent to an activating group) is 1. The number of hydrogen-bond acceptors (Lipinski definition) is 2. The molecule has 0 aliphatic heterocycles. The highest BCUT2D eigenvalue weighted by Crippen LogP contribution is 2.35. The minimum atomic E-state index is -0.510. The molecule has 3 unspecified atom stereocenters. The van der Waals surface area contributed by atoms with Crippen LogP contribution in [0, 0.1) is 11.8 Å². The Morgan fingerprint density at radius 3 is 2.69 bits per heavy atom. The SMILES string of the molecule is CNCC(C)(O)C1CCCC(C)C1. The first-order valence-corrected chi connectivity index (χ1v) is 5.43. The molecule has 0 heterocycles. The Bertz CT molecular complexity index is 156. The average Bonchev–Trinajstić information content (AvgIpc) is 2.04. The maximum Gasteiger partial charge on any atom is 0.0771 e. The van der Waals surface area contributed by atoms with Crippen LogP contribution in [0.3, 0.4) is 0 Å². The highest BCUT2D eigenvalue weighted by Gasteiger charge is 2.33. The van der Waals surface area contributed by atoms with Gasteiger partial charge in [0.15, 0.2) is 0 Å². The van der Waals surface area contributed by atoms with Crippen LogP contribution in [0.2, 0.25) is 0 Å². The average molecular weight is 185 g/mol. The van der Waals surface area contributed by atoms with Crippen molar-refractivity contribution in [3.63, 3.8) is 0 Å². The molecule has 0 radical (unpaired) electrons. The number of hydrogen-bond donors (Lipinski definition) is 2. The van der Waals surface area contributed by atoms with Gasteiger partial charge in [0, 0.05) is 6.54 Å². The smallest absolute Gasteiger partial charge is 0.0771 e. The van der Waals surface area contributed by atoms with E-state index in [9.17, 15) is 5.11 Å². The van der Waals surface area contributed by atoms with Gasteiger partial charge in [-0.2, -0.15) is 0 Å². The molecule has 2 N–H and O–H groups in total. The molecule has 3 atom stereocenters. The van der Waals surface area contributed by atoms with Crippen molar-refractivity contribution in [3.8, 4) is 0 Å². The van der Waals surface area contributed by atoms with Crippen LogP contribution in [-0.2, 0) is 0 Å². The molecule has 0 aromatic carbocycles. The van der Waals surface area contributed by atoms with Crippen LogP contribution in [0.15, 0.2) is 0 Å². The van der Waals surface area contributed by atoms with Crippen molar-refractivity contribution >= 4 is 0 Å². The molecule has 2 nitrogen and oxygen atoms in total. The van der Waals surface area contributed by atoms with E-state index in [4.69, 9.17) is 0 Å². The first kappa shape index (κ1) is 11.0. The quantitative estimate of drug-likeness (QED) is 0.702. The van der Waals surface area contributed by atoms with Gasteiger partial charge in [-0.05, 0) is 38.6 Å². The van der Waals surface area contributed by atoms with Crippen molar-refractivity contribution in [2.75, 3.05) is 13.6 Å². The molecule has 2 heteroatoms. The van der Waals surface area contributed by atoms with Crippen molar-refractivity contribution in [2.45, 2.75) is 45.1 Å². The summed E-state index contributed by atoms with van der Waals surface area (Å²) in [5.74, 6) is 1.28. The van der Waals surface area contributed by atoms with Gasteiger partial charge in [0.25, 0.3) is 0 Å². The number of aliphatic hydroxyl groups is 1. The van der Waals surface area contributed by atoms with Crippen LogP contribution in [0.5, 0.6) is 0 Å². The topological polar surface area (TPSA) is 32.3 Å². The Labute approximate surface area is 81.7 Å². The van der Waals surface area contributed by atoms with E-state index in [1.807, 2.05) is 14.0 Å². The molecule has 0 bridgehead atoms. The fraction of sp³-hybridized carbons (Fsp3) is 1.00. The minimum Gasteiger partial charge on any atom is -0.389 e. The van der Waals surface area contributed by atoms with Crippen LogP contribution >= 0.6 is 0 Å². The lowest BCUT2D eigenvalue weighted by Crippen LogP contribution is -2.44. The van der Waals surface area contributed by atoms with E-state index in [0.717, 1.165) is 5.92 Å². The van der Waals surface area contributed by atoms with E-state index in [2.05, 4.69) is 12.2 Å². The van der Waals surface area contributed by atoms with E-state index in [0.29, 0.717) is 12.5 Å². The van der Waals surface area contributed by atoms with E-state index in [-0.39, 0.29) is 0 Å². The van der Waals surface area contributed by atoms with Gasteiger partial charge >= 0.3 is 0 Å². The summed E-state index contributed by atoms with van der Waals surface area (Å²) in [7, 11) is 1.90. The van der Waals surface area contributed by atoms with E-state index in [1.54, 1.807) is 0 Å². The fourth-order valence-electron chi connectivity index (χ4n) is 2.50. The normalized spacial score (nSPS) is 34.2. The molecular weight excluding hydrogens is 162 g/mol. The van der Waals surface area contributed by atoms with Gasteiger partial charge in [-0.3, -0.25) is 0 Å². The Morgan fingerprint density at radius 2 is 2.15 bits per heavy atom. The Balaban J connectivity index is 2.48. The number of nitrogens with one attached hydrogen (secondary N) is 1. The molecule has 78 valence electrons. The Hall–Kier alpha value is -0.0800. The van der Waals surface area contributed by atoms with Gasteiger partial charge in [-0.15, -0.1) is 0 Å². The van der Waals surface area contributed by atoms with E-state index in [1.165, 1.54) is 25.7 Å². The molecule has 0 spiro atoms. The highest BCUT2D eigenvalue weighted by atomic mass is 16.3.